The summed E-state index contributed by atoms with van der Waals surface area (Å²) in [5, 5.41) is 0.615. The Bertz CT molecular complexity index is 1780. The summed E-state index contributed by atoms with van der Waals surface area (Å²) in [5.74, 6) is 0.630. The minimum absolute atomic E-state index is 0.340. The van der Waals surface area contributed by atoms with Crippen molar-refractivity contribution in [2.45, 2.75) is 12.8 Å². The average Bonchev–Trinajstić information content (AvgIpc) is 3.48. The maximum absolute atomic E-state index is 13.5. The van der Waals surface area contributed by atoms with Gasteiger partial charge in [-0.3, -0.25) is 20.4 Å². The van der Waals surface area contributed by atoms with Gasteiger partial charge in [0, 0.05) is 5.39 Å². The Morgan fingerprint density at radius 2 is 1.43 bits per heavy atom. The molecule has 1 heterocycles. The number of nitrogens with zero attached hydrogens (tertiary/aromatic N) is 1. The van der Waals surface area contributed by atoms with Crippen LogP contribution < -0.4 is 34.5 Å². The molecule has 0 fully saturated rings. The minimum atomic E-state index is -0.718. The first kappa shape index (κ1) is 31.6. The number of nitrogens with one attached hydrogen (secondary N) is 2. The van der Waals surface area contributed by atoms with E-state index in [1.807, 2.05) is 36.4 Å². The number of carbonyl (C=O) groups excluding carboxylic acids is 3. The Labute approximate surface area is 265 Å². The molecule has 3 aromatic carbocycles. The standard InChI is InChI=1S/C34H33N3O9/c1-41-22-10-12-23(13-11-22)45-18-29(38)36-37-30(39)19-46-34(40)31-24-7-5-6-8-26(24)35-32-21(9-14-25(31)32)15-20-16-27(42-2)33(44-4)28(17-20)43-3/h5-8,10-13,15-17H,9,14,18-19H2,1-4H3,(H,36,38)(H,37,39). The molecule has 0 unspecified atom stereocenters. The zero-order chi connectivity index (χ0) is 32.6. The van der Waals surface area contributed by atoms with E-state index < -0.39 is 24.4 Å². The molecule has 0 bridgehead atoms. The van der Waals surface area contributed by atoms with Crippen molar-refractivity contribution in [3.63, 3.8) is 0 Å². The second-order valence-corrected chi connectivity index (χ2v) is 10.1. The summed E-state index contributed by atoms with van der Waals surface area (Å²) in [6.45, 7) is -0.953. The van der Waals surface area contributed by atoms with E-state index in [2.05, 4.69) is 10.9 Å². The third-order valence-electron chi connectivity index (χ3n) is 7.28. The Kier molecular flexibility index (Phi) is 9.86. The van der Waals surface area contributed by atoms with Crippen LogP contribution >= 0.6 is 0 Å². The van der Waals surface area contributed by atoms with Gasteiger partial charge >= 0.3 is 5.97 Å². The lowest BCUT2D eigenvalue weighted by molar-refractivity contribution is -0.131. The summed E-state index contributed by atoms with van der Waals surface area (Å²) in [6, 6.07) is 17.6. The molecule has 0 radical (unpaired) electrons. The van der Waals surface area contributed by atoms with E-state index in [1.54, 1.807) is 58.8 Å². The summed E-state index contributed by atoms with van der Waals surface area (Å²) in [5.41, 5.74) is 8.55. The SMILES string of the molecule is COc1ccc(OCC(=O)NNC(=O)COC(=O)c2c3c(nc4ccccc24)C(=Cc2cc(OC)c(OC)c(OC)c2)CC3)cc1. The molecule has 0 spiro atoms. The zero-order valence-corrected chi connectivity index (χ0v) is 25.8. The number of rotatable bonds is 11. The van der Waals surface area contributed by atoms with Gasteiger partial charge in [-0.05, 0) is 78.1 Å². The molecule has 0 atom stereocenters. The summed E-state index contributed by atoms with van der Waals surface area (Å²) in [7, 11) is 6.19. The van der Waals surface area contributed by atoms with E-state index in [9.17, 15) is 14.4 Å². The number of hydrogen-bond donors (Lipinski definition) is 2. The first-order valence-electron chi connectivity index (χ1n) is 14.3. The third-order valence-corrected chi connectivity index (χ3v) is 7.28. The van der Waals surface area contributed by atoms with E-state index in [0.29, 0.717) is 63.7 Å². The molecule has 0 saturated carbocycles. The third kappa shape index (κ3) is 6.96. The van der Waals surface area contributed by atoms with Crippen molar-refractivity contribution in [2.24, 2.45) is 0 Å². The van der Waals surface area contributed by atoms with Crippen LogP contribution in [0.15, 0.2) is 60.7 Å². The summed E-state index contributed by atoms with van der Waals surface area (Å²) < 4.78 is 32.3. The molecular formula is C34H33N3O9. The molecule has 1 aliphatic carbocycles. The Hall–Kier alpha value is -5.78. The fourth-order valence-corrected chi connectivity index (χ4v) is 5.13. The highest BCUT2D eigenvalue weighted by Crippen LogP contribution is 2.41. The van der Waals surface area contributed by atoms with E-state index in [4.69, 9.17) is 33.4 Å². The van der Waals surface area contributed by atoms with Gasteiger partial charge in [0.05, 0.1) is 45.2 Å². The zero-order valence-electron chi connectivity index (χ0n) is 25.8. The second kappa shape index (κ2) is 14.3. The molecule has 1 aliphatic rings. The molecule has 2 N–H and O–H groups in total. The Morgan fingerprint density at radius 3 is 2.09 bits per heavy atom. The van der Waals surface area contributed by atoms with Crippen LogP contribution in [-0.2, 0) is 20.7 Å². The summed E-state index contributed by atoms with van der Waals surface area (Å²) >= 11 is 0. The Morgan fingerprint density at radius 1 is 0.783 bits per heavy atom. The monoisotopic (exact) mass is 627 g/mol. The maximum atomic E-state index is 13.5. The summed E-state index contributed by atoms with van der Waals surface area (Å²) in [4.78, 5) is 42.9. The number of esters is 1. The van der Waals surface area contributed by atoms with Crippen LogP contribution in [0.4, 0.5) is 0 Å². The number of methoxy groups -OCH3 is 4. The number of allylic oxidation sites excluding steroid dienone is 1. The largest absolute Gasteiger partial charge is 0.497 e. The first-order valence-corrected chi connectivity index (χ1v) is 14.3. The number of fused-ring (bicyclic) bond motifs is 2. The lowest BCUT2D eigenvalue weighted by atomic mass is 10.0. The highest BCUT2D eigenvalue weighted by molar-refractivity contribution is 6.07. The van der Waals surface area contributed by atoms with Crippen molar-refractivity contribution in [1.82, 2.24) is 15.8 Å². The van der Waals surface area contributed by atoms with Crippen molar-refractivity contribution in [3.8, 4) is 28.7 Å². The van der Waals surface area contributed by atoms with Crippen LogP contribution in [0.2, 0.25) is 0 Å². The van der Waals surface area contributed by atoms with E-state index in [0.717, 1.165) is 16.7 Å². The number of amides is 2. The van der Waals surface area contributed by atoms with Gasteiger partial charge in [-0.25, -0.2) is 9.78 Å². The van der Waals surface area contributed by atoms with Gasteiger partial charge in [0.25, 0.3) is 11.8 Å². The van der Waals surface area contributed by atoms with Crippen LogP contribution in [0.1, 0.15) is 33.6 Å². The van der Waals surface area contributed by atoms with Crippen LogP contribution in [0.5, 0.6) is 28.7 Å². The molecule has 1 aromatic heterocycles. The highest BCUT2D eigenvalue weighted by Gasteiger charge is 2.28. The topological polar surface area (TPSA) is 144 Å². The average molecular weight is 628 g/mol. The number of benzene rings is 3. The van der Waals surface area contributed by atoms with Gasteiger partial charge in [-0.15, -0.1) is 0 Å². The van der Waals surface area contributed by atoms with Crippen LogP contribution in [0.3, 0.4) is 0 Å². The highest BCUT2D eigenvalue weighted by atomic mass is 16.5. The number of carbonyl (C=O) groups is 3. The van der Waals surface area contributed by atoms with Gasteiger partial charge < -0.3 is 28.4 Å². The first-order chi connectivity index (χ1) is 22.3. The molecular weight excluding hydrogens is 594 g/mol. The molecule has 46 heavy (non-hydrogen) atoms. The molecule has 5 rings (SSSR count). The summed E-state index contributed by atoms with van der Waals surface area (Å²) in [6.07, 6.45) is 3.15. The van der Waals surface area contributed by atoms with Gasteiger partial charge in [-0.2, -0.15) is 0 Å². The van der Waals surface area contributed by atoms with Crippen molar-refractivity contribution < 1.29 is 42.8 Å². The Balaban J connectivity index is 1.28. The molecule has 0 aliphatic heterocycles. The van der Waals surface area contributed by atoms with Gasteiger partial charge in [-0.1, -0.05) is 18.2 Å². The van der Waals surface area contributed by atoms with Crippen molar-refractivity contribution >= 4 is 40.3 Å². The van der Waals surface area contributed by atoms with Crippen LogP contribution in [-0.4, -0.2) is 64.4 Å². The molecule has 12 heteroatoms. The lowest BCUT2D eigenvalue weighted by Crippen LogP contribution is -2.45. The second-order valence-electron chi connectivity index (χ2n) is 10.1. The minimum Gasteiger partial charge on any atom is -0.497 e. The van der Waals surface area contributed by atoms with Crippen LogP contribution in [0.25, 0.3) is 22.6 Å². The van der Waals surface area contributed by atoms with Crippen molar-refractivity contribution in [2.75, 3.05) is 41.7 Å². The number of pyridine rings is 1. The predicted octanol–water partition coefficient (Wildman–Crippen LogP) is 4.14. The van der Waals surface area contributed by atoms with Crippen LogP contribution in [0, 0.1) is 0 Å². The number of ether oxygens (including phenoxy) is 6. The van der Waals surface area contributed by atoms with E-state index in [1.165, 1.54) is 0 Å². The van der Waals surface area contributed by atoms with Gasteiger partial charge in [0.1, 0.15) is 11.5 Å². The van der Waals surface area contributed by atoms with Gasteiger partial charge in [0.15, 0.2) is 24.7 Å². The fourth-order valence-electron chi connectivity index (χ4n) is 5.13. The molecule has 0 saturated heterocycles. The molecule has 2 amide bonds. The normalized spacial score (nSPS) is 12.7. The fraction of sp³-hybridized carbons (Fsp3) is 0.235. The number of aromatic nitrogens is 1. The number of hydrogen-bond acceptors (Lipinski definition) is 10. The van der Waals surface area contributed by atoms with Crippen molar-refractivity contribution in [3.05, 3.63) is 83.0 Å². The van der Waals surface area contributed by atoms with Gasteiger partial charge in [0.2, 0.25) is 5.75 Å². The molecule has 12 nitrogen and oxygen atoms in total. The number of para-hydroxylation sites is 1. The number of hydrazine groups is 1. The van der Waals surface area contributed by atoms with Crippen molar-refractivity contribution in [1.29, 1.82) is 0 Å². The smallest absolute Gasteiger partial charge is 0.339 e. The molecule has 238 valence electrons. The maximum Gasteiger partial charge on any atom is 0.339 e. The molecule has 4 aromatic rings. The quantitative estimate of drug-likeness (QED) is 0.184. The lowest BCUT2D eigenvalue weighted by Gasteiger charge is -2.14. The van der Waals surface area contributed by atoms with E-state index >= 15 is 0 Å². The van der Waals surface area contributed by atoms with E-state index in [-0.39, 0.29) is 6.61 Å². The predicted molar refractivity (Wildman–Crippen MR) is 169 cm³/mol.